The summed E-state index contributed by atoms with van der Waals surface area (Å²) in [5, 5.41) is 0. The van der Waals surface area contributed by atoms with Crippen molar-refractivity contribution in [2.75, 3.05) is 0 Å². The Morgan fingerprint density at radius 3 is 2.20 bits per heavy atom. The van der Waals surface area contributed by atoms with Crippen LogP contribution < -0.4 is 0 Å². The standard InChI is InChI=1S/C34H33N/c1-26(33(21-22-33)25-30-16-10-11-23-35-30)19-20-27-24-34(28-12-4-2-5-13-28,29-14-6-3-7-15-29)32-18-9-8-17-31(27)32/h2-7,9-16,18-20,23H,8,17,21-22,24-25H2,1H3/b26-19-,27-20+. The minimum Gasteiger partial charge on any atom is -0.261 e. The topological polar surface area (TPSA) is 12.9 Å². The zero-order valence-electron chi connectivity index (χ0n) is 20.6. The maximum absolute atomic E-state index is 4.61. The third-order valence-corrected chi connectivity index (χ3v) is 8.48. The number of hydrogen-bond acceptors (Lipinski definition) is 1. The van der Waals surface area contributed by atoms with Crippen molar-refractivity contribution in [3.05, 3.63) is 148 Å². The van der Waals surface area contributed by atoms with Gasteiger partial charge in [0.05, 0.1) is 0 Å². The van der Waals surface area contributed by atoms with Crippen LogP contribution in [0.3, 0.4) is 0 Å². The fourth-order valence-electron chi connectivity index (χ4n) is 6.28. The van der Waals surface area contributed by atoms with Gasteiger partial charge in [0.1, 0.15) is 0 Å². The fourth-order valence-corrected chi connectivity index (χ4v) is 6.28. The highest BCUT2D eigenvalue weighted by Gasteiger charge is 2.46. The molecule has 1 heterocycles. The summed E-state index contributed by atoms with van der Waals surface area (Å²) >= 11 is 0. The summed E-state index contributed by atoms with van der Waals surface area (Å²) in [6.45, 7) is 2.33. The highest BCUT2D eigenvalue weighted by molar-refractivity contribution is 5.65. The van der Waals surface area contributed by atoms with Crippen molar-refractivity contribution in [2.24, 2.45) is 5.41 Å². The quantitative estimate of drug-likeness (QED) is 0.364. The van der Waals surface area contributed by atoms with E-state index in [1.54, 1.807) is 5.57 Å². The lowest BCUT2D eigenvalue weighted by atomic mass is 9.68. The minimum atomic E-state index is -0.117. The summed E-state index contributed by atoms with van der Waals surface area (Å²) in [6.07, 6.45) is 18.5. The van der Waals surface area contributed by atoms with Gasteiger partial charge in [0.15, 0.2) is 0 Å². The van der Waals surface area contributed by atoms with Crippen LogP contribution in [-0.4, -0.2) is 4.98 Å². The number of pyridine rings is 1. The Hall–Kier alpha value is -3.45. The van der Waals surface area contributed by atoms with Crippen molar-refractivity contribution < 1.29 is 0 Å². The monoisotopic (exact) mass is 455 g/mol. The Morgan fingerprint density at radius 2 is 1.57 bits per heavy atom. The fraction of sp³-hybridized carbons (Fsp3) is 0.265. The number of benzene rings is 2. The van der Waals surface area contributed by atoms with Crippen LogP contribution >= 0.6 is 0 Å². The lowest BCUT2D eigenvalue weighted by Gasteiger charge is -2.33. The largest absolute Gasteiger partial charge is 0.261 e. The van der Waals surface area contributed by atoms with Gasteiger partial charge in [-0.05, 0) is 90.8 Å². The smallest absolute Gasteiger partial charge is 0.0494 e. The van der Waals surface area contributed by atoms with Crippen molar-refractivity contribution in [1.82, 2.24) is 4.98 Å². The molecule has 1 nitrogen and oxygen atoms in total. The van der Waals surface area contributed by atoms with Crippen molar-refractivity contribution in [3.63, 3.8) is 0 Å². The van der Waals surface area contributed by atoms with E-state index in [1.165, 1.54) is 46.4 Å². The van der Waals surface area contributed by atoms with Crippen LogP contribution in [-0.2, 0) is 11.8 Å². The third-order valence-electron chi connectivity index (χ3n) is 8.48. The first-order valence-electron chi connectivity index (χ1n) is 13.0. The van der Waals surface area contributed by atoms with Gasteiger partial charge in [0.25, 0.3) is 0 Å². The molecule has 0 saturated heterocycles. The van der Waals surface area contributed by atoms with E-state index in [1.807, 2.05) is 12.3 Å². The summed E-state index contributed by atoms with van der Waals surface area (Å²) in [5.41, 5.74) is 10.2. The predicted molar refractivity (Wildman–Crippen MR) is 145 cm³/mol. The molecule has 0 bridgehead atoms. The SMILES string of the molecule is C/C(=C/C=C1\CC(c2ccccc2)(c2ccccc2)C2=C1CCC=C2)C1(Cc2ccccn2)CC1. The Morgan fingerprint density at radius 1 is 0.886 bits per heavy atom. The number of hydrogen-bond donors (Lipinski definition) is 0. The highest BCUT2D eigenvalue weighted by Crippen LogP contribution is 2.56. The van der Waals surface area contributed by atoms with Crippen LogP contribution in [0.25, 0.3) is 0 Å². The molecule has 0 atom stereocenters. The predicted octanol–water partition coefficient (Wildman–Crippen LogP) is 8.31. The van der Waals surface area contributed by atoms with E-state index in [0.717, 1.165) is 25.7 Å². The highest BCUT2D eigenvalue weighted by atomic mass is 14.7. The van der Waals surface area contributed by atoms with E-state index in [9.17, 15) is 0 Å². The average Bonchev–Trinajstić information content (AvgIpc) is 3.63. The average molecular weight is 456 g/mol. The van der Waals surface area contributed by atoms with Gasteiger partial charge in [-0.3, -0.25) is 4.98 Å². The molecule has 0 N–H and O–H groups in total. The summed E-state index contributed by atoms with van der Waals surface area (Å²) < 4.78 is 0. The molecule has 6 rings (SSSR count). The Balaban J connectivity index is 1.40. The lowest BCUT2D eigenvalue weighted by Crippen LogP contribution is -2.27. The summed E-state index contributed by atoms with van der Waals surface area (Å²) in [6, 6.07) is 28.5. The van der Waals surface area contributed by atoms with Gasteiger partial charge in [-0.25, -0.2) is 0 Å². The minimum absolute atomic E-state index is 0.117. The molecule has 0 spiro atoms. The lowest BCUT2D eigenvalue weighted by molar-refractivity contribution is 0.593. The number of nitrogens with zero attached hydrogens (tertiary/aromatic N) is 1. The molecule has 0 radical (unpaired) electrons. The van der Waals surface area contributed by atoms with Gasteiger partial charge in [-0.15, -0.1) is 0 Å². The van der Waals surface area contributed by atoms with Crippen LogP contribution in [0.2, 0.25) is 0 Å². The molecule has 3 aliphatic rings. The second-order valence-corrected chi connectivity index (χ2v) is 10.5. The third kappa shape index (κ3) is 3.93. The first-order chi connectivity index (χ1) is 17.2. The van der Waals surface area contributed by atoms with Crippen LogP contribution in [0.15, 0.2) is 132 Å². The number of allylic oxidation sites excluding steroid dienone is 8. The molecule has 3 aromatic rings. The van der Waals surface area contributed by atoms with Crippen LogP contribution in [0.1, 0.15) is 55.8 Å². The van der Waals surface area contributed by atoms with E-state index in [0.29, 0.717) is 5.41 Å². The van der Waals surface area contributed by atoms with E-state index >= 15 is 0 Å². The Bertz CT molecular complexity index is 1280. The summed E-state index contributed by atoms with van der Waals surface area (Å²) in [4.78, 5) is 4.61. The summed E-state index contributed by atoms with van der Waals surface area (Å²) in [7, 11) is 0. The molecule has 174 valence electrons. The van der Waals surface area contributed by atoms with E-state index in [4.69, 9.17) is 0 Å². The molecule has 1 fully saturated rings. The number of aromatic nitrogens is 1. The van der Waals surface area contributed by atoms with Crippen LogP contribution in [0.5, 0.6) is 0 Å². The molecule has 0 amide bonds. The molecule has 2 aromatic carbocycles. The van der Waals surface area contributed by atoms with Gasteiger partial charge in [0.2, 0.25) is 0 Å². The molecule has 1 aromatic heterocycles. The van der Waals surface area contributed by atoms with Gasteiger partial charge < -0.3 is 0 Å². The molecule has 1 saturated carbocycles. The summed E-state index contributed by atoms with van der Waals surface area (Å²) in [5.74, 6) is 0. The van der Waals surface area contributed by atoms with Crippen molar-refractivity contribution in [3.8, 4) is 0 Å². The molecule has 3 aliphatic carbocycles. The van der Waals surface area contributed by atoms with Gasteiger partial charge in [0, 0.05) is 17.3 Å². The van der Waals surface area contributed by atoms with Crippen molar-refractivity contribution in [2.45, 2.75) is 50.9 Å². The van der Waals surface area contributed by atoms with E-state index in [2.05, 4.69) is 109 Å². The molecule has 0 aliphatic heterocycles. The maximum atomic E-state index is 4.61. The van der Waals surface area contributed by atoms with E-state index in [-0.39, 0.29) is 5.41 Å². The van der Waals surface area contributed by atoms with Gasteiger partial charge >= 0.3 is 0 Å². The Labute approximate surface area is 209 Å². The second-order valence-electron chi connectivity index (χ2n) is 10.5. The normalized spacial score (nSPS) is 21.3. The first-order valence-corrected chi connectivity index (χ1v) is 13.0. The Kier molecular flexibility index (Phi) is 5.65. The zero-order valence-corrected chi connectivity index (χ0v) is 20.6. The second kappa shape index (κ2) is 8.96. The molecular weight excluding hydrogens is 422 g/mol. The number of rotatable bonds is 6. The maximum Gasteiger partial charge on any atom is 0.0494 e. The van der Waals surface area contributed by atoms with Crippen molar-refractivity contribution >= 4 is 0 Å². The van der Waals surface area contributed by atoms with Crippen LogP contribution in [0.4, 0.5) is 0 Å². The van der Waals surface area contributed by atoms with Crippen molar-refractivity contribution in [1.29, 1.82) is 0 Å². The van der Waals surface area contributed by atoms with Crippen LogP contribution in [0, 0.1) is 5.41 Å². The molecule has 35 heavy (non-hydrogen) atoms. The zero-order chi connectivity index (χ0) is 23.7. The molecular formula is C34H33N. The molecule has 0 unspecified atom stereocenters. The van der Waals surface area contributed by atoms with E-state index < -0.39 is 0 Å². The first kappa shape index (κ1) is 22.0. The molecule has 1 heteroatoms. The van der Waals surface area contributed by atoms with Gasteiger partial charge in [-0.2, -0.15) is 0 Å². The van der Waals surface area contributed by atoms with Gasteiger partial charge in [-0.1, -0.05) is 96.6 Å².